The summed E-state index contributed by atoms with van der Waals surface area (Å²) in [6, 6.07) is 8.98. The number of hydrogen-bond donors (Lipinski definition) is 1. The molecule has 0 saturated carbocycles. The van der Waals surface area contributed by atoms with Gasteiger partial charge in [-0.1, -0.05) is 71.0 Å². The van der Waals surface area contributed by atoms with Gasteiger partial charge in [-0.2, -0.15) is 0 Å². The van der Waals surface area contributed by atoms with Crippen molar-refractivity contribution < 1.29 is 19.1 Å². The molecule has 206 valence electrons. The van der Waals surface area contributed by atoms with Gasteiger partial charge in [0.05, 0.1) is 18.7 Å². The Morgan fingerprint density at radius 1 is 1.19 bits per heavy atom. The molecule has 1 aromatic carbocycles. The summed E-state index contributed by atoms with van der Waals surface area (Å²) in [4.78, 5) is 43.4. The number of nitrogens with zero attached hydrogens (tertiary/aromatic N) is 2. The molecule has 2 rings (SSSR count). The Labute approximate surface area is 223 Å². The highest BCUT2D eigenvalue weighted by Crippen LogP contribution is 2.31. The maximum Gasteiger partial charge on any atom is 0.333 e. The van der Waals surface area contributed by atoms with Crippen molar-refractivity contribution in [3.63, 3.8) is 0 Å². The Kier molecular flexibility index (Phi) is 10.9. The molecule has 1 heterocycles. The van der Waals surface area contributed by atoms with E-state index in [0.717, 1.165) is 13.0 Å². The smallest absolute Gasteiger partial charge is 0.333 e. The van der Waals surface area contributed by atoms with Crippen LogP contribution in [0, 0.1) is 11.3 Å². The van der Waals surface area contributed by atoms with Crippen LogP contribution in [0.3, 0.4) is 0 Å². The molecule has 0 spiro atoms. The lowest BCUT2D eigenvalue weighted by molar-refractivity contribution is -0.142. The molecule has 7 heteroatoms. The maximum absolute atomic E-state index is 13.9. The number of likely N-dealkylation sites (N-methyl/N-ethyl adjacent to an activating group) is 2. The summed E-state index contributed by atoms with van der Waals surface area (Å²) in [6.45, 7) is 14.5. The van der Waals surface area contributed by atoms with Crippen LogP contribution in [-0.2, 0) is 19.1 Å². The zero-order valence-corrected chi connectivity index (χ0v) is 24.2. The Morgan fingerprint density at radius 3 is 2.35 bits per heavy atom. The number of esters is 1. The van der Waals surface area contributed by atoms with Crippen molar-refractivity contribution in [2.45, 2.75) is 85.4 Å². The lowest BCUT2D eigenvalue weighted by Crippen LogP contribution is -2.60. The van der Waals surface area contributed by atoms with E-state index in [1.807, 2.05) is 59.9 Å². The van der Waals surface area contributed by atoms with Crippen molar-refractivity contribution in [3.05, 3.63) is 47.5 Å². The molecule has 1 aliphatic rings. The second-order valence-corrected chi connectivity index (χ2v) is 11.7. The first-order chi connectivity index (χ1) is 17.3. The molecule has 0 bridgehead atoms. The third kappa shape index (κ3) is 8.16. The lowest BCUT2D eigenvalue weighted by Gasteiger charge is -2.40. The average molecular weight is 514 g/mol. The summed E-state index contributed by atoms with van der Waals surface area (Å²) in [5.74, 6) is -0.315. The molecule has 37 heavy (non-hydrogen) atoms. The van der Waals surface area contributed by atoms with Crippen molar-refractivity contribution in [2.24, 2.45) is 11.3 Å². The van der Waals surface area contributed by atoms with Crippen LogP contribution < -0.4 is 5.32 Å². The van der Waals surface area contributed by atoms with Crippen LogP contribution >= 0.6 is 0 Å². The highest BCUT2D eigenvalue weighted by Gasteiger charge is 2.40. The van der Waals surface area contributed by atoms with Crippen LogP contribution in [0.2, 0.25) is 0 Å². The van der Waals surface area contributed by atoms with Crippen LogP contribution in [0.4, 0.5) is 0 Å². The van der Waals surface area contributed by atoms with Gasteiger partial charge in [-0.25, -0.2) is 4.79 Å². The van der Waals surface area contributed by atoms with Crippen LogP contribution in [0.15, 0.2) is 42.0 Å². The number of carbonyl (C=O) groups is 3. The van der Waals surface area contributed by atoms with Crippen molar-refractivity contribution >= 4 is 17.8 Å². The second kappa shape index (κ2) is 13.2. The number of rotatable bonds is 9. The molecule has 0 aromatic heterocycles. The largest absolute Gasteiger partial charge is 0.463 e. The predicted octanol–water partition coefficient (Wildman–Crippen LogP) is 4.39. The number of hydrogen-bond acceptors (Lipinski definition) is 5. The molecular formula is C30H47N3O4. The Hall–Kier alpha value is -2.67. The molecule has 4 atom stereocenters. The molecular weight excluding hydrogens is 466 g/mol. The van der Waals surface area contributed by atoms with E-state index < -0.39 is 11.5 Å². The molecule has 2 amide bonds. The first-order valence-corrected chi connectivity index (χ1v) is 13.5. The van der Waals surface area contributed by atoms with E-state index in [-0.39, 0.29) is 35.8 Å². The zero-order chi connectivity index (χ0) is 27.9. The highest BCUT2D eigenvalue weighted by molar-refractivity contribution is 5.91. The van der Waals surface area contributed by atoms with Crippen molar-refractivity contribution in [3.8, 4) is 0 Å². The molecule has 0 unspecified atom stereocenters. The Bertz CT molecular complexity index is 951. The third-order valence-corrected chi connectivity index (χ3v) is 7.34. The van der Waals surface area contributed by atoms with Crippen LogP contribution in [-0.4, -0.2) is 73.0 Å². The molecule has 1 aromatic rings. The molecule has 1 aliphatic heterocycles. The van der Waals surface area contributed by atoms with Gasteiger partial charge in [0.2, 0.25) is 11.8 Å². The quantitative estimate of drug-likeness (QED) is 0.391. The van der Waals surface area contributed by atoms with E-state index in [4.69, 9.17) is 4.74 Å². The fourth-order valence-corrected chi connectivity index (χ4v) is 4.98. The number of piperidine rings is 1. The number of carbonyl (C=O) groups excluding carboxylic acids is 3. The van der Waals surface area contributed by atoms with Gasteiger partial charge in [0, 0.05) is 12.6 Å². The Balaban J connectivity index is 2.25. The van der Waals surface area contributed by atoms with Gasteiger partial charge in [0.15, 0.2) is 0 Å². The van der Waals surface area contributed by atoms with E-state index in [0.29, 0.717) is 24.5 Å². The monoisotopic (exact) mass is 513 g/mol. The number of ether oxygens (including phenoxy) is 1. The minimum Gasteiger partial charge on any atom is -0.463 e. The fourth-order valence-electron chi connectivity index (χ4n) is 4.98. The minimum absolute atomic E-state index is 0.0609. The molecule has 7 nitrogen and oxygen atoms in total. The number of nitrogens with one attached hydrogen (secondary N) is 1. The second-order valence-electron chi connectivity index (χ2n) is 11.7. The van der Waals surface area contributed by atoms with Gasteiger partial charge in [-0.05, 0) is 63.1 Å². The zero-order valence-electron chi connectivity index (χ0n) is 24.2. The maximum atomic E-state index is 13.9. The summed E-state index contributed by atoms with van der Waals surface area (Å²) in [7, 11) is 3.72. The van der Waals surface area contributed by atoms with Gasteiger partial charge in [-0.3, -0.25) is 14.5 Å². The van der Waals surface area contributed by atoms with E-state index >= 15 is 0 Å². The molecule has 0 radical (unpaired) electrons. The van der Waals surface area contributed by atoms with Crippen molar-refractivity contribution in [1.29, 1.82) is 0 Å². The fraction of sp³-hybridized carbons (Fsp3) is 0.633. The van der Waals surface area contributed by atoms with Crippen LogP contribution in [0.25, 0.3) is 0 Å². The van der Waals surface area contributed by atoms with Crippen molar-refractivity contribution in [2.75, 3.05) is 27.2 Å². The Morgan fingerprint density at radius 2 is 1.81 bits per heavy atom. The van der Waals surface area contributed by atoms with Crippen LogP contribution in [0.5, 0.6) is 0 Å². The third-order valence-electron chi connectivity index (χ3n) is 7.34. The number of likely N-dealkylation sites (tertiary alicyclic amines) is 1. The van der Waals surface area contributed by atoms with E-state index in [1.54, 1.807) is 31.9 Å². The van der Waals surface area contributed by atoms with Gasteiger partial charge in [0.1, 0.15) is 6.04 Å². The molecule has 0 aliphatic carbocycles. The van der Waals surface area contributed by atoms with Gasteiger partial charge < -0.3 is 15.0 Å². The van der Waals surface area contributed by atoms with Crippen LogP contribution in [0.1, 0.15) is 72.8 Å². The normalized spacial score (nSPS) is 20.8. The standard InChI is InChI=1S/C30H47N3O4/c1-10-37-29(36)21(4)18-24(20(2)3)33(9)28(35)26(30(5,6)7)31-27(34)25-19-23(16-17-32(25)8)22-14-12-11-13-15-22/h11-15,18,20,23-26H,10,16-17,19H2,1-9H3,(H,31,34)/b21-18+/t23-,24-,25+,26-/m1/s1. The molecule has 1 saturated heterocycles. The first kappa shape index (κ1) is 30.6. The summed E-state index contributed by atoms with van der Waals surface area (Å²) in [6.07, 6.45) is 3.50. The molecule has 1 fully saturated rings. The van der Waals surface area contributed by atoms with Gasteiger partial charge in [-0.15, -0.1) is 0 Å². The summed E-state index contributed by atoms with van der Waals surface area (Å²) in [5, 5.41) is 3.12. The number of amides is 2. The predicted molar refractivity (Wildman–Crippen MR) is 148 cm³/mol. The van der Waals surface area contributed by atoms with Gasteiger partial charge in [0.25, 0.3) is 0 Å². The van der Waals surface area contributed by atoms with Gasteiger partial charge >= 0.3 is 5.97 Å². The van der Waals surface area contributed by atoms with E-state index in [2.05, 4.69) is 22.3 Å². The SMILES string of the molecule is CCOC(=O)/C(C)=C/[C@H](C(C)C)N(C)C(=O)[C@@H](NC(=O)[C@@H]1C[C@H](c2ccccc2)CCN1C)C(C)(C)C. The minimum atomic E-state index is -0.715. The van der Waals surface area contributed by atoms with E-state index in [1.165, 1.54) is 5.56 Å². The lowest BCUT2D eigenvalue weighted by atomic mass is 9.83. The van der Waals surface area contributed by atoms with Crippen molar-refractivity contribution in [1.82, 2.24) is 15.1 Å². The average Bonchev–Trinajstić information content (AvgIpc) is 2.84. The summed E-state index contributed by atoms with van der Waals surface area (Å²) >= 11 is 0. The first-order valence-electron chi connectivity index (χ1n) is 13.5. The summed E-state index contributed by atoms with van der Waals surface area (Å²) < 4.78 is 5.12. The molecule has 1 N–H and O–H groups in total. The topological polar surface area (TPSA) is 79.0 Å². The number of benzene rings is 1. The summed E-state index contributed by atoms with van der Waals surface area (Å²) in [5.41, 5.74) is 1.21. The highest BCUT2D eigenvalue weighted by atomic mass is 16.5. The van der Waals surface area contributed by atoms with E-state index in [9.17, 15) is 14.4 Å².